The minimum absolute atomic E-state index is 0.149. The smallest absolute Gasteiger partial charge is 0.151 e. The van der Waals surface area contributed by atoms with Gasteiger partial charge in [0.25, 0.3) is 0 Å². The average molecular weight is 330 g/mol. The second kappa shape index (κ2) is 6.27. The Morgan fingerprint density at radius 2 is 2.39 bits per heavy atom. The van der Waals surface area contributed by atoms with Gasteiger partial charge in [-0.1, -0.05) is 5.16 Å². The summed E-state index contributed by atoms with van der Waals surface area (Å²) in [4.78, 5) is 2.35. The highest BCUT2D eigenvalue weighted by Crippen LogP contribution is 2.26. The van der Waals surface area contributed by atoms with Crippen LogP contribution in [0.1, 0.15) is 17.4 Å². The molecule has 4 rings (SSSR count). The summed E-state index contributed by atoms with van der Waals surface area (Å²) < 4.78 is 13.1. The van der Waals surface area contributed by atoms with Gasteiger partial charge in [0.15, 0.2) is 5.76 Å². The molecule has 6 nitrogen and oxygen atoms in total. The molecule has 1 aliphatic heterocycles. The number of aryl methyl sites for hydroxylation is 1. The van der Waals surface area contributed by atoms with Gasteiger partial charge in [0, 0.05) is 38.0 Å². The van der Waals surface area contributed by atoms with E-state index < -0.39 is 0 Å². The monoisotopic (exact) mass is 330 g/mol. The molecule has 7 heteroatoms. The van der Waals surface area contributed by atoms with Crippen LogP contribution < -0.4 is 0 Å². The number of aromatic nitrogens is 3. The number of thiophene rings is 1. The Morgan fingerprint density at radius 1 is 1.43 bits per heavy atom. The minimum atomic E-state index is 0.149. The minimum Gasteiger partial charge on any atom is -0.371 e. The first kappa shape index (κ1) is 14.6. The Labute approximate surface area is 138 Å². The molecule has 0 spiro atoms. The highest BCUT2D eigenvalue weighted by Gasteiger charge is 2.23. The molecule has 1 saturated heterocycles. The molecule has 0 saturated carbocycles. The lowest BCUT2D eigenvalue weighted by Gasteiger charge is -2.31. The number of hydrogen-bond acceptors (Lipinski definition) is 6. The van der Waals surface area contributed by atoms with E-state index in [4.69, 9.17) is 9.26 Å². The molecule has 23 heavy (non-hydrogen) atoms. The summed E-state index contributed by atoms with van der Waals surface area (Å²) in [6.45, 7) is 3.27. The van der Waals surface area contributed by atoms with Crippen molar-refractivity contribution in [3.63, 3.8) is 0 Å². The molecule has 1 aliphatic rings. The van der Waals surface area contributed by atoms with Gasteiger partial charge in [-0.2, -0.15) is 16.4 Å². The third-order valence-corrected chi connectivity index (χ3v) is 4.71. The number of hydrogen-bond donors (Lipinski definition) is 0. The fourth-order valence-electron chi connectivity index (χ4n) is 2.80. The van der Waals surface area contributed by atoms with Crippen LogP contribution in [0.15, 0.2) is 39.8 Å². The maximum atomic E-state index is 5.88. The standard InChI is InChI=1S/C16H18N4O2S/c1-19-8-13(7-17-19)15-6-14(22-18-15)9-20-3-4-21-16(10-20)12-2-5-23-11-12/h2,5-8,11,16H,3-4,9-10H2,1H3/t16-/m0/s1. The van der Waals surface area contributed by atoms with Gasteiger partial charge < -0.3 is 9.26 Å². The molecule has 0 amide bonds. The normalized spacial score (nSPS) is 19.3. The first-order chi connectivity index (χ1) is 11.3. The third-order valence-electron chi connectivity index (χ3n) is 4.00. The van der Waals surface area contributed by atoms with Crippen LogP contribution in [0.25, 0.3) is 11.3 Å². The first-order valence-electron chi connectivity index (χ1n) is 7.58. The molecule has 0 bridgehead atoms. The SMILES string of the molecule is Cn1cc(-c2cc(CN3CCO[C@H](c4ccsc4)C3)on2)cn1. The fraction of sp³-hybridized carbons (Fsp3) is 0.375. The zero-order valence-corrected chi connectivity index (χ0v) is 13.7. The molecular formula is C16H18N4O2S. The van der Waals surface area contributed by atoms with Crippen LogP contribution in [0, 0.1) is 0 Å². The molecule has 0 aromatic carbocycles. The molecule has 0 radical (unpaired) electrons. The van der Waals surface area contributed by atoms with E-state index in [0.29, 0.717) is 0 Å². The van der Waals surface area contributed by atoms with Crippen LogP contribution in [0.5, 0.6) is 0 Å². The maximum absolute atomic E-state index is 5.88. The topological polar surface area (TPSA) is 56.3 Å². The van der Waals surface area contributed by atoms with Gasteiger partial charge in [-0.05, 0) is 22.4 Å². The molecule has 0 unspecified atom stereocenters. The van der Waals surface area contributed by atoms with Crippen LogP contribution >= 0.6 is 11.3 Å². The summed E-state index contributed by atoms with van der Waals surface area (Å²) in [5.74, 6) is 0.870. The zero-order chi connectivity index (χ0) is 15.6. The quantitative estimate of drug-likeness (QED) is 0.736. The summed E-state index contributed by atoms with van der Waals surface area (Å²) in [5, 5.41) is 12.6. The Morgan fingerprint density at radius 3 is 3.17 bits per heavy atom. The molecular weight excluding hydrogens is 312 g/mol. The van der Waals surface area contributed by atoms with E-state index in [9.17, 15) is 0 Å². The fourth-order valence-corrected chi connectivity index (χ4v) is 3.51. The average Bonchev–Trinajstić information content (AvgIpc) is 3.28. The van der Waals surface area contributed by atoms with Gasteiger partial charge in [0.2, 0.25) is 0 Å². The van der Waals surface area contributed by atoms with Crippen molar-refractivity contribution in [2.45, 2.75) is 12.6 Å². The molecule has 1 atom stereocenters. The Balaban J connectivity index is 1.43. The van der Waals surface area contributed by atoms with Gasteiger partial charge in [0.1, 0.15) is 5.69 Å². The summed E-state index contributed by atoms with van der Waals surface area (Å²) in [6.07, 6.45) is 3.88. The van der Waals surface area contributed by atoms with Crippen molar-refractivity contribution >= 4 is 11.3 Å². The Hall–Kier alpha value is -1.96. The summed E-state index contributed by atoms with van der Waals surface area (Å²) in [6, 6.07) is 4.12. The van der Waals surface area contributed by atoms with Crippen molar-refractivity contribution < 1.29 is 9.26 Å². The van der Waals surface area contributed by atoms with Gasteiger partial charge in [0.05, 0.1) is 25.5 Å². The lowest BCUT2D eigenvalue weighted by atomic mass is 10.1. The lowest BCUT2D eigenvalue weighted by Crippen LogP contribution is -2.37. The molecule has 4 heterocycles. The van der Waals surface area contributed by atoms with Crippen LogP contribution in [-0.2, 0) is 18.3 Å². The van der Waals surface area contributed by atoms with E-state index in [1.807, 2.05) is 19.3 Å². The summed E-state index contributed by atoms with van der Waals surface area (Å²) in [7, 11) is 1.89. The van der Waals surface area contributed by atoms with E-state index in [-0.39, 0.29) is 6.10 Å². The molecule has 120 valence electrons. The second-order valence-electron chi connectivity index (χ2n) is 5.73. The van der Waals surface area contributed by atoms with E-state index in [2.05, 4.69) is 32.0 Å². The summed E-state index contributed by atoms with van der Waals surface area (Å²) >= 11 is 1.71. The molecule has 0 N–H and O–H groups in total. The van der Waals surface area contributed by atoms with Gasteiger partial charge in [-0.3, -0.25) is 9.58 Å². The maximum Gasteiger partial charge on any atom is 0.151 e. The molecule has 0 aliphatic carbocycles. The van der Waals surface area contributed by atoms with Crippen LogP contribution in [0.4, 0.5) is 0 Å². The van der Waals surface area contributed by atoms with Crippen molar-refractivity contribution in [2.24, 2.45) is 7.05 Å². The highest BCUT2D eigenvalue weighted by atomic mass is 32.1. The Bertz CT molecular complexity index is 765. The van der Waals surface area contributed by atoms with Gasteiger partial charge >= 0.3 is 0 Å². The van der Waals surface area contributed by atoms with Gasteiger partial charge in [-0.15, -0.1) is 0 Å². The number of morpholine rings is 1. The van der Waals surface area contributed by atoms with E-state index in [1.54, 1.807) is 22.2 Å². The molecule has 1 fully saturated rings. The molecule has 3 aromatic rings. The summed E-state index contributed by atoms with van der Waals surface area (Å²) in [5.41, 5.74) is 3.06. The second-order valence-corrected chi connectivity index (χ2v) is 6.51. The first-order valence-corrected chi connectivity index (χ1v) is 8.53. The number of ether oxygens (including phenoxy) is 1. The lowest BCUT2D eigenvalue weighted by molar-refractivity contribution is -0.0349. The third kappa shape index (κ3) is 3.21. The van der Waals surface area contributed by atoms with Crippen molar-refractivity contribution in [2.75, 3.05) is 19.7 Å². The van der Waals surface area contributed by atoms with E-state index in [0.717, 1.165) is 43.3 Å². The van der Waals surface area contributed by atoms with Crippen LogP contribution in [0.2, 0.25) is 0 Å². The van der Waals surface area contributed by atoms with E-state index in [1.165, 1.54) is 5.56 Å². The van der Waals surface area contributed by atoms with E-state index >= 15 is 0 Å². The molecule has 3 aromatic heterocycles. The largest absolute Gasteiger partial charge is 0.371 e. The number of rotatable bonds is 4. The van der Waals surface area contributed by atoms with Crippen molar-refractivity contribution in [1.29, 1.82) is 0 Å². The predicted molar refractivity (Wildman–Crippen MR) is 87.0 cm³/mol. The van der Waals surface area contributed by atoms with Crippen molar-refractivity contribution in [3.05, 3.63) is 46.6 Å². The number of nitrogens with zero attached hydrogens (tertiary/aromatic N) is 4. The zero-order valence-electron chi connectivity index (χ0n) is 12.9. The van der Waals surface area contributed by atoms with Crippen molar-refractivity contribution in [1.82, 2.24) is 19.8 Å². The van der Waals surface area contributed by atoms with Gasteiger partial charge in [-0.25, -0.2) is 0 Å². The highest BCUT2D eigenvalue weighted by molar-refractivity contribution is 7.07. The van der Waals surface area contributed by atoms with Crippen molar-refractivity contribution in [3.8, 4) is 11.3 Å². The Kier molecular flexibility index (Phi) is 3.99. The van der Waals surface area contributed by atoms with Crippen LogP contribution in [0.3, 0.4) is 0 Å². The van der Waals surface area contributed by atoms with Crippen LogP contribution in [-0.4, -0.2) is 39.5 Å². The predicted octanol–water partition coefficient (Wildman–Crippen LogP) is 2.71.